The van der Waals surface area contributed by atoms with Crippen LogP contribution in [0.15, 0.2) is 0 Å². The first-order chi connectivity index (χ1) is 4.15. The van der Waals surface area contributed by atoms with Crippen LogP contribution in [-0.2, 0) is 20.6 Å². The zero-order valence-electron chi connectivity index (χ0n) is 4.95. The van der Waals surface area contributed by atoms with Crippen molar-refractivity contribution in [3.8, 4) is 0 Å². The minimum atomic E-state index is -5.31. The minimum absolute atomic E-state index is 0. The number of rotatable bonds is 2. The first kappa shape index (κ1) is 13.3. The van der Waals surface area contributed by atoms with Crippen LogP contribution in [0.4, 0.5) is 0 Å². The molecule has 0 fully saturated rings. The minimum Gasteiger partial charge on any atom is -0.344 e. The highest BCUT2D eigenvalue weighted by molar-refractivity contribution is 7.98. The van der Waals surface area contributed by atoms with E-state index >= 15 is 0 Å². The topological polar surface area (TPSA) is 167 Å². The fraction of sp³-hybridized carbons (Fsp3) is 0. The highest BCUT2D eigenvalue weighted by atomic mass is 32.3. The van der Waals surface area contributed by atoms with Crippen LogP contribution in [0.1, 0.15) is 0 Å². The van der Waals surface area contributed by atoms with Crippen molar-refractivity contribution in [2.24, 2.45) is 0 Å². The Morgan fingerprint density at radius 2 is 1.09 bits per heavy atom. The summed E-state index contributed by atoms with van der Waals surface area (Å²) >= 11 is 0. The number of nitrogens with zero attached hydrogens (tertiary/aromatic N) is 1. The first-order valence-corrected chi connectivity index (χ1v) is 4.39. The zero-order chi connectivity index (χ0) is 8.58. The Kier molecular flexibility index (Phi) is 4.11. The van der Waals surface area contributed by atoms with E-state index in [1.54, 1.807) is 0 Å². The van der Waals surface area contributed by atoms with E-state index in [-0.39, 0.29) is 6.15 Å². The molecule has 70 valence electrons. The molecule has 9 nitrogen and oxygen atoms in total. The Hall–Kier alpha value is -0.300. The van der Waals surface area contributed by atoms with Crippen LogP contribution in [-0.4, -0.2) is 35.0 Å². The second-order valence-electron chi connectivity index (χ2n) is 1.13. The average molecular weight is 210 g/mol. The lowest BCUT2D eigenvalue weighted by molar-refractivity contribution is 0.0715. The molecule has 0 rings (SSSR count). The Balaban J connectivity index is 0. The lowest BCUT2D eigenvalue weighted by Crippen LogP contribution is -2.32. The van der Waals surface area contributed by atoms with Crippen LogP contribution in [0.2, 0.25) is 0 Å². The van der Waals surface area contributed by atoms with Crippen molar-refractivity contribution in [3.63, 3.8) is 0 Å². The lowest BCUT2D eigenvalue weighted by Gasteiger charge is -2.03. The van der Waals surface area contributed by atoms with Gasteiger partial charge in [-0.1, -0.05) is 0 Å². The quantitative estimate of drug-likeness (QED) is 0.313. The van der Waals surface area contributed by atoms with Crippen molar-refractivity contribution in [2.45, 2.75) is 0 Å². The van der Waals surface area contributed by atoms with Crippen molar-refractivity contribution in [1.82, 2.24) is 10.0 Å². The van der Waals surface area contributed by atoms with Gasteiger partial charge < -0.3 is 6.15 Å². The maximum Gasteiger partial charge on any atom is 0.374 e. The van der Waals surface area contributed by atoms with Gasteiger partial charge in [0.25, 0.3) is 0 Å². The Morgan fingerprint density at radius 3 is 1.09 bits per heavy atom. The van der Waals surface area contributed by atoms with E-state index in [2.05, 4.69) is 0 Å². The molecule has 0 aromatic heterocycles. The van der Waals surface area contributed by atoms with Gasteiger partial charge in [-0.15, -0.1) is 0 Å². The normalized spacial score (nSPS) is 12.7. The molecular weight excluding hydrogens is 204 g/mol. The van der Waals surface area contributed by atoms with E-state index in [9.17, 15) is 16.8 Å². The molecule has 0 unspecified atom stereocenters. The summed E-state index contributed by atoms with van der Waals surface area (Å²) in [6, 6.07) is 0. The molecule has 0 saturated heterocycles. The highest BCUT2D eigenvalue weighted by Crippen LogP contribution is 1.97. The fourth-order valence-electron chi connectivity index (χ4n) is 0.119. The Labute approximate surface area is 62.5 Å². The van der Waals surface area contributed by atoms with Crippen LogP contribution in [0.5, 0.6) is 0 Å². The summed E-state index contributed by atoms with van der Waals surface area (Å²) < 4.78 is 52.6. The molecule has 0 spiro atoms. The standard InChI is InChI=1S/H3NO7S2.H3N/c2-1(9(3,4)5)10(6,7)8;/h2H,(H,3,4,5)(H,6,7,8);1H3. The SMILES string of the molecule is N.O=S(=O)(O)N(O)S(=O)(=O)O. The van der Waals surface area contributed by atoms with Crippen molar-refractivity contribution >= 4 is 20.6 Å². The van der Waals surface area contributed by atoms with Crippen LogP contribution in [0, 0.1) is 0 Å². The third kappa shape index (κ3) is 4.20. The van der Waals surface area contributed by atoms with E-state index < -0.39 is 24.5 Å². The van der Waals surface area contributed by atoms with Gasteiger partial charge >= 0.3 is 20.6 Å². The van der Waals surface area contributed by atoms with Crippen LogP contribution < -0.4 is 6.15 Å². The molecule has 0 atom stereocenters. The van der Waals surface area contributed by atoms with Crippen molar-refractivity contribution in [2.75, 3.05) is 0 Å². The number of hydrogen-bond acceptors (Lipinski definition) is 6. The van der Waals surface area contributed by atoms with Crippen LogP contribution in [0.25, 0.3) is 0 Å². The zero-order valence-corrected chi connectivity index (χ0v) is 6.58. The van der Waals surface area contributed by atoms with Crippen molar-refractivity contribution in [3.05, 3.63) is 0 Å². The monoisotopic (exact) mass is 210 g/mol. The number of hydrogen-bond donors (Lipinski definition) is 4. The molecular formula is H6N2O7S2. The van der Waals surface area contributed by atoms with Gasteiger partial charge in [0.2, 0.25) is 0 Å². The van der Waals surface area contributed by atoms with Crippen molar-refractivity contribution < 1.29 is 31.1 Å². The molecule has 0 bridgehead atoms. The van der Waals surface area contributed by atoms with Gasteiger partial charge in [-0.3, -0.25) is 14.3 Å². The van der Waals surface area contributed by atoms with Gasteiger partial charge in [0.1, 0.15) is 0 Å². The van der Waals surface area contributed by atoms with Gasteiger partial charge in [0, 0.05) is 0 Å². The van der Waals surface area contributed by atoms with E-state index in [1.807, 2.05) is 0 Å². The summed E-state index contributed by atoms with van der Waals surface area (Å²) in [5, 5.41) is 7.88. The van der Waals surface area contributed by atoms with Crippen molar-refractivity contribution in [1.29, 1.82) is 0 Å². The van der Waals surface area contributed by atoms with E-state index in [4.69, 9.17) is 14.3 Å². The van der Waals surface area contributed by atoms with Gasteiger partial charge in [-0.25, -0.2) is 0 Å². The van der Waals surface area contributed by atoms with E-state index in [0.717, 1.165) is 0 Å². The molecule has 0 heterocycles. The van der Waals surface area contributed by atoms with Gasteiger partial charge in [0.05, 0.1) is 3.87 Å². The summed E-state index contributed by atoms with van der Waals surface area (Å²) in [6.07, 6.45) is 0. The summed E-state index contributed by atoms with van der Waals surface area (Å²) in [4.78, 5) is 0. The molecule has 0 aromatic rings. The third-order valence-corrected chi connectivity index (χ3v) is 2.31. The Bertz CT molecular complexity index is 263. The largest absolute Gasteiger partial charge is 0.374 e. The summed E-state index contributed by atoms with van der Waals surface area (Å²) in [7, 11) is -10.6. The molecule has 0 saturated carbocycles. The molecule has 0 aliphatic heterocycles. The fourth-order valence-corrected chi connectivity index (χ4v) is 1.07. The smallest absolute Gasteiger partial charge is 0.344 e. The maximum absolute atomic E-state index is 9.67. The predicted octanol–water partition coefficient (Wildman–Crippen LogP) is -1.55. The summed E-state index contributed by atoms with van der Waals surface area (Å²) in [5.74, 6) is 0. The molecule has 0 radical (unpaired) electrons. The van der Waals surface area contributed by atoms with Gasteiger partial charge in [0.15, 0.2) is 0 Å². The van der Waals surface area contributed by atoms with E-state index in [0.29, 0.717) is 0 Å². The predicted molar refractivity (Wildman–Crippen MR) is 31.7 cm³/mol. The molecule has 0 aromatic carbocycles. The Morgan fingerprint density at radius 1 is 0.909 bits per heavy atom. The van der Waals surface area contributed by atoms with Crippen LogP contribution >= 0.6 is 0 Å². The second-order valence-corrected chi connectivity index (χ2v) is 3.85. The molecule has 0 amide bonds. The maximum atomic E-state index is 9.67. The summed E-state index contributed by atoms with van der Waals surface area (Å²) in [5.41, 5.74) is 0. The van der Waals surface area contributed by atoms with Gasteiger partial charge in [-0.05, 0) is 0 Å². The average Bonchev–Trinajstić information content (AvgIpc) is 1.59. The highest BCUT2D eigenvalue weighted by Gasteiger charge is 2.28. The van der Waals surface area contributed by atoms with E-state index in [1.165, 1.54) is 0 Å². The third-order valence-electron chi connectivity index (χ3n) is 0.395. The molecule has 6 N–H and O–H groups in total. The second kappa shape index (κ2) is 3.40. The summed E-state index contributed by atoms with van der Waals surface area (Å²) in [6.45, 7) is 0. The molecule has 0 aliphatic carbocycles. The van der Waals surface area contributed by atoms with Gasteiger partial charge in [-0.2, -0.15) is 16.8 Å². The molecule has 11 heteroatoms. The molecule has 0 aliphatic rings. The van der Waals surface area contributed by atoms with Crippen LogP contribution in [0.3, 0.4) is 0 Å². The lowest BCUT2D eigenvalue weighted by atomic mass is 13.5. The first-order valence-electron chi connectivity index (χ1n) is 1.60. The molecule has 11 heavy (non-hydrogen) atoms.